The van der Waals surface area contributed by atoms with Crippen LogP contribution in [0.25, 0.3) is 11.8 Å². The quantitative estimate of drug-likeness (QED) is 0.179. The minimum Gasteiger partial charge on any atom is -0.494 e. The van der Waals surface area contributed by atoms with E-state index in [9.17, 15) is 9.59 Å². The molecule has 8 nitrogen and oxygen atoms in total. The summed E-state index contributed by atoms with van der Waals surface area (Å²) in [6.07, 6.45) is 1.82. The zero-order valence-corrected chi connectivity index (χ0v) is 26.7. The molecule has 0 fully saturated rings. The highest BCUT2D eigenvalue weighted by Crippen LogP contribution is 2.35. The molecule has 0 unspecified atom stereocenters. The normalized spacial score (nSPS) is 14.1. The molecule has 1 atom stereocenters. The minimum atomic E-state index is -0.767. The molecule has 0 N–H and O–H groups in total. The van der Waals surface area contributed by atoms with E-state index in [-0.39, 0.29) is 12.2 Å². The third kappa shape index (κ3) is 6.78. The van der Waals surface area contributed by atoms with Crippen LogP contribution in [0.2, 0.25) is 0 Å². The highest BCUT2D eigenvalue weighted by molar-refractivity contribution is 7.07. The van der Waals surface area contributed by atoms with Gasteiger partial charge in [-0.1, -0.05) is 78.1 Å². The smallest absolute Gasteiger partial charge is 0.338 e. The van der Waals surface area contributed by atoms with Crippen LogP contribution in [0.4, 0.5) is 0 Å². The Labute approximate surface area is 275 Å². The lowest BCUT2D eigenvalue weighted by atomic mass is 9.93. The lowest BCUT2D eigenvalue weighted by Gasteiger charge is -2.26. The summed E-state index contributed by atoms with van der Waals surface area (Å²) < 4.78 is 19.2. The molecule has 0 aliphatic carbocycles. The van der Waals surface area contributed by atoms with Crippen molar-refractivity contribution in [3.8, 4) is 17.6 Å². The van der Waals surface area contributed by atoms with Crippen molar-refractivity contribution in [2.45, 2.75) is 26.5 Å². The van der Waals surface area contributed by atoms with Gasteiger partial charge >= 0.3 is 5.97 Å². The molecular formula is C38H31N3O5S. The van der Waals surface area contributed by atoms with E-state index in [4.69, 9.17) is 24.5 Å². The Kier molecular flexibility index (Phi) is 9.41. The lowest BCUT2D eigenvalue weighted by molar-refractivity contribution is -0.138. The van der Waals surface area contributed by atoms with Crippen molar-refractivity contribution < 1.29 is 19.0 Å². The number of rotatable bonds is 10. The molecule has 0 radical (unpaired) electrons. The van der Waals surface area contributed by atoms with Crippen molar-refractivity contribution in [3.63, 3.8) is 0 Å². The van der Waals surface area contributed by atoms with Crippen molar-refractivity contribution >= 4 is 29.1 Å². The molecule has 234 valence electrons. The SMILES string of the molecule is CCOC(=O)C1=C(c2ccccc2)N=c2s/c(=C\c3ccc(OCc4ccc(C#N)cc4)cc3)c(=O)n2[C@H]1c1ccc(OCC)cc1. The number of ether oxygens (including phenoxy) is 3. The van der Waals surface area contributed by atoms with Gasteiger partial charge in [0.15, 0.2) is 4.80 Å². The summed E-state index contributed by atoms with van der Waals surface area (Å²) in [5.41, 5.74) is 4.35. The van der Waals surface area contributed by atoms with E-state index >= 15 is 0 Å². The number of nitriles is 1. The molecule has 6 rings (SSSR count). The summed E-state index contributed by atoms with van der Waals surface area (Å²) in [5.74, 6) is 0.841. The Morgan fingerprint density at radius 2 is 1.57 bits per heavy atom. The largest absolute Gasteiger partial charge is 0.494 e. The van der Waals surface area contributed by atoms with Gasteiger partial charge in [0, 0.05) is 5.56 Å². The van der Waals surface area contributed by atoms with E-state index in [1.54, 1.807) is 23.6 Å². The number of hydrogen-bond acceptors (Lipinski definition) is 8. The van der Waals surface area contributed by atoms with E-state index in [2.05, 4.69) is 6.07 Å². The van der Waals surface area contributed by atoms with Gasteiger partial charge in [-0.15, -0.1) is 0 Å². The number of esters is 1. The second-order valence-corrected chi connectivity index (χ2v) is 11.6. The lowest BCUT2D eigenvalue weighted by Crippen LogP contribution is -2.40. The third-order valence-electron chi connectivity index (χ3n) is 7.55. The summed E-state index contributed by atoms with van der Waals surface area (Å²) in [6, 6.07) is 33.0. The van der Waals surface area contributed by atoms with Gasteiger partial charge in [-0.05, 0) is 73.0 Å². The van der Waals surface area contributed by atoms with Crippen LogP contribution in [-0.4, -0.2) is 23.8 Å². The molecule has 5 aromatic rings. The standard InChI is InChI=1S/C38H31N3O5S/c1-3-44-30-20-16-29(17-21-30)35-33(37(43)45-4-2)34(28-8-6-5-7-9-28)40-38-41(35)36(42)32(47-38)22-25-14-18-31(19-15-25)46-24-27-12-10-26(23-39)11-13-27/h5-22,35H,3-4,24H2,1-2H3/b32-22-/t35-/m0/s1. The Hall–Kier alpha value is -5.72. The number of carbonyl (C=O) groups is 1. The average molecular weight is 642 g/mol. The summed E-state index contributed by atoms with van der Waals surface area (Å²) in [6.45, 7) is 4.73. The Bertz CT molecular complexity index is 2140. The number of nitrogens with zero attached hydrogens (tertiary/aromatic N) is 3. The molecule has 0 spiro atoms. The van der Waals surface area contributed by atoms with Crippen molar-refractivity contribution in [3.05, 3.63) is 156 Å². The van der Waals surface area contributed by atoms with E-state index in [0.29, 0.717) is 50.9 Å². The average Bonchev–Trinajstić information content (AvgIpc) is 3.42. The number of thiazole rings is 1. The van der Waals surface area contributed by atoms with Gasteiger partial charge in [-0.2, -0.15) is 5.26 Å². The van der Waals surface area contributed by atoms with Crippen molar-refractivity contribution in [2.24, 2.45) is 4.99 Å². The maximum absolute atomic E-state index is 14.2. The number of hydrogen-bond donors (Lipinski definition) is 0. The van der Waals surface area contributed by atoms with Gasteiger partial charge < -0.3 is 14.2 Å². The van der Waals surface area contributed by atoms with E-state index < -0.39 is 12.0 Å². The van der Waals surface area contributed by atoms with Crippen molar-refractivity contribution in [1.82, 2.24) is 4.57 Å². The van der Waals surface area contributed by atoms with Crippen LogP contribution in [0, 0.1) is 11.3 Å². The van der Waals surface area contributed by atoms with E-state index in [0.717, 1.165) is 22.3 Å². The summed E-state index contributed by atoms with van der Waals surface area (Å²) in [5, 5.41) is 9.00. The first kappa shape index (κ1) is 31.3. The van der Waals surface area contributed by atoms with Crippen molar-refractivity contribution in [1.29, 1.82) is 5.26 Å². The maximum Gasteiger partial charge on any atom is 0.338 e. The Balaban J connectivity index is 1.41. The number of aromatic nitrogens is 1. The van der Waals surface area contributed by atoms with Crippen LogP contribution in [-0.2, 0) is 16.1 Å². The number of carbonyl (C=O) groups excluding carboxylic acids is 1. The highest BCUT2D eigenvalue weighted by atomic mass is 32.1. The molecule has 9 heteroatoms. The van der Waals surface area contributed by atoms with E-state index in [1.165, 1.54) is 11.3 Å². The van der Waals surface area contributed by atoms with Crippen LogP contribution in [0.1, 0.15) is 47.7 Å². The fraction of sp³-hybridized carbons (Fsp3) is 0.158. The van der Waals surface area contributed by atoms with E-state index in [1.807, 2.05) is 104 Å². The Morgan fingerprint density at radius 3 is 2.23 bits per heavy atom. The van der Waals surface area contributed by atoms with Gasteiger partial charge in [0.05, 0.1) is 46.7 Å². The molecule has 47 heavy (non-hydrogen) atoms. The molecule has 0 bridgehead atoms. The Morgan fingerprint density at radius 1 is 0.894 bits per heavy atom. The van der Waals surface area contributed by atoms with Crippen LogP contribution in [0.15, 0.2) is 118 Å². The molecule has 0 amide bonds. The molecule has 1 aliphatic heterocycles. The molecule has 0 saturated carbocycles. The minimum absolute atomic E-state index is 0.179. The number of fused-ring (bicyclic) bond motifs is 1. The molecular weight excluding hydrogens is 611 g/mol. The highest BCUT2D eigenvalue weighted by Gasteiger charge is 2.35. The van der Waals surface area contributed by atoms with Crippen molar-refractivity contribution in [2.75, 3.05) is 13.2 Å². The van der Waals surface area contributed by atoms with Gasteiger partial charge in [0.2, 0.25) is 0 Å². The monoisotopic (exact) mass is 641 g/mol. The van der Waals surface area contributed by atoms with Crippen LogP contribution < -0.4 is 24.4 Å². The number of benzene rings is 4. The fourth-order valence-electron chi connectivity index (χ4n) is 5.32. The predicted molar refractivity (Wildman–Crippen MR) is 181 cm³/mol. The summed E-state index contributed by atoms with van der Waals surface area (Å²) in [7, 11) is 0. The van der Waals surface area contributed by atoms with Crippen LogP contribution in [0.5, 0.6) is 11.5 Å². The van der Waals surface area contributed by atoms with Gasteiger partial charge in [-0.3, -0.25) is 9.36 Å². The second kappa shape index (κ2) is 14.1. The molecule has 1 aliphatic rings. The first-order valence-corrected chi connectivity index (χ1v) is 16.0. The zero-order chi connectivity index (χ0) is 32.8. The van der Waals surface area contributed by atoms with Gasteiger partial charge in [-0.25, -0.2) is 9.79 Å². The maximum atomic E-state index is 14.2. The van der Waals surface area contributed by atoms with Crippen LogP contribution >= 0.6 is 11.3 Å². The molecule has 0 saturated heterocycles. The molecule has 2 heterocycles. The second-order valence-electron chi connectivity index (χ2n) is 10.6. The van der Waals surface area contributed by atoms with Gasteiger partial charge in [0.25, 0.3) is 5.56 Å². The van der Waals surface area contributed by atoms with Gasteiger partial charge in [0.1, 0.15) is 18.1 Å². The summed E-state index contributed by atoms with van der Waals surface area (Å²) in [4.78, 5) is 33.2. The zero-order valence-electron chi connectivity index (χ0n) is 25.9. The molecule has 1 aromatic heterocycles. The first-order chi connectivity index (χ1) is 23.0. The van der Waals surface area contributed by atoms with Crippen LogP contribution in [0.3, 0.4) is 0 Å². The third-order valence-corrected chi connectivity index (χ3v) is 8.53. The molecule has 4 aromatic carbocycles. The topological polar surface area (TPSA) is 103 Å². The fourth-order valence-corrected chi connectivity index (χ4v) is 6.32. The first-order valence-electron chi connectivity index (χ1n) is 15.2. The predicted octanol–water partition coefficient (Wildman–Crippen LogP) is 5.78. The summed E-state index contributed by atoms with van der Waals surface area (Å²) >= 11 is 1.27.